The maximum atomic E-state index is 12.6. The van der Waals surface area contributed by atoms with Gasteiger partial charge in [0.25, 0.3) is 11.8 Å². The summed E-state index contributed by atoms with van der Waals surface area (Å²) in [5.41, 5.74) is 3.10. The van der Waals surface area contributed by atoms with Gasteiger partial charge in [-0.15, -0.1) is 0 Å². The molecule has 0 spiro atoms. The van der Waals surface area contributed by atoms with Crippen molar-refractivity contribution in [1.82, 2.24) is 0 Å². The molecule has 0 fully saturated rings. The minimum Gasteiger partial charge on any atom is -0.479 e. The molecule has 2 N–H and O–H groups in total. The monoisotopic (exact) mass is 616 g/mol. The number of halogens is 4. The molecule has 6 nitrogen and oxygen atoms in total. The molecular formula is C30H24Cl4N2O4. The fraction of sp³-hybridized carbons (Fsp3) is 0.133. The van der Waals surface area contributed by atoms with Gasteiger partial charge in [-0.3, -0.25) is 9.59 Å². The van der Waals surface area contributed by atoms with Crippen molar-refractivity contribution < 1.29 is 19.1 Å². The topological polar surface area (TPSA) is 76.7 Å². The molecule has 4 aromatic rings. The lowest BCUT2D eigenvalue weighted by Gasteiger charge is -2.16. The second kappa shape index (κ2) is 13.3. The lowest BCUT2D eigenvalue weighted by molar-refractivity contribution is -0.122. The zero-order valence-corrected chi connectivity index (χ0v) is 24.4. The van der Waals surface area contributed by atoms with E-state index >= 15 is 0 Å². The summed E-state index contributed by atoms with van der Waals surface area (Å²) in [6.07, 6.45) is -1.56. The van der Waals surface area contributed by atoms with Gasteiger partial charge in [0.2, 0.25) is 0 Å². The predicted molar refractivity (Wildman–Crippen MR) is 162 cm³/mol. The average Bonchev–Trinajstić information content (AvgIpc) is 2.92. The van der Waals surface area contributed by atoms with E-state index in [1.165, 1.54) is 0 Å². The molecule has 0 aliphatic rings. The fourth-order valence-corrected chi connectivity index (χ4v) is 4.52. The number of rotatable bonds is 9. The summed E-state index contributed by atoms with van der Waals surface area (Å²) >= 11 is 24.1. The summed E-state index contributed by atoms with van der Waals surface area (Å²) in [4.78, 5) is 25.2. The standard InChI is InChI=1S/C30H24Cl4N2O4/c1-17(39-27-13-7-21(31)15-25(27)33)29(37)35-23-9-3-19(4-10-23)20-5-11-24(12-6-20)36-30(38)18(2)40-28-14-8-22(32)16-26(28)34/h3-18H,1-2H3,(H,35,37)(H,36,38). The maximum absolute atomic E-state index is 12.6. The molecule has 0 saturated heterocycles. The predicted octanol–water partition coefficient (Wildman–Crippen LogP) is 8.78. The van der Waals surface area contributed by atoms with Gasteiger partial charge < -0.3 is 20.1 Å². The van der Waals surface area contributed by atoms with Gasteiger partial charge in [-0.1, -0.05) is 70.7 Å². The molecular weight excluding hydrogens is 594 g/mol. The highest BCUT2D eigenvalue weighted by Crippen LogP contribution is 2.30. The molecule has 10 heteroatoms. The molecule has 2 atom stereocenters. The first-order valence-electron chi connectivity index (χ1n) is 12.1. The first-order chi connectivity index (χ1) is 19.1. The Kier molecular flexibility index (Phi) is 9.82. The number of nitrogens with one attached hydrogen (secondary N) is 2. The van der Waals surface area contributed by atoms with Gasteiger partial charge in [0.05, 0.1) is 10.0 Å². The fourth-order valence-electron chi connectivity index (χ4n) is 3.61. The number of hydrogen-bond acceptors (Lipinski definition) is 4. The molecule has 0 heterocycles. The lowest BCUT2D eigenvalue weighted by Crippen LogP contribution is -2.30. The SMILES string of the molecule is CC(Oc1ccc(Cl)cc1Cl)C(=O)Nc1ccc(-c2ccc(NC(=O)C(C)Oc3ccc(Cl)cc3Cl)cc2)cc1. The van der Waals surface area contributed by atoms with Crippen LogP contribution in [0.2, 0.25) is 20.1 Å². The van der Waals surface area contributed by atoms with Gasteiger partial charge >= 0.3 is 0 Å². The van der Waals surface area contributed by atoms with Gasteiger partial charge in [0.15, 0.2) is 12.2 Å². The van der Waals surface area contributed by atoms with Crippen molar-refractivity contribution in [3.05, 3.63) is 105 Å². The highest BCUT2D eigenvalue weighted by molar-refractivity contribution is 6.36. The molecule has 0 aromatic heterocycles. The summed E-state index contributed by atoms with van der Waals surface area (Å²) in [5.74, 6) is 0.0964. The van der Waals surface area contributed by atoms with Crippen LogP contribution in [0.25, 0.3) is 11.1 Å². The van der Waals surface area contributed by atoms with Crippen LogP contribution in [-0.4, -0.2) is 24.0 Å². The molecule has 4 aromatic carbocycles. The number of carbonyl (C=O) groups excluding carboxylic acids is 2. The third-order valence-corrected chi connectivity index (χ3v) is 6.83. The van der Waals surface area contributed by atoms with Crippen molar-refractivity contribution in [3.8, 4) is 22.6 Å². The van der Waals surface area contributed by atoms with Crippen LogP contribution < -0.4 is 20.1 Å². The molecule has 0 aliphatic carbocycles. The Morgan fingerprint density at radius 3 is 1.25 bits per heavy atom. The number of ether oxygens (including phenoxy) is 2. The van der Waals surface area contributed by atoms with E-state index in [1.54, 1.807) is 74.5 Å². The Morgan fingerprint density at radius 2 is 0.925 bits per heavy atom. The zero-order chi connectivity index (χ0) is 28.8. The third kappa shape index (κ3) is 7.83. The number of anilines is 2. The van der Waals surface area contributed by atoms with Crippen LogP contribution in [0.15, 0.2) is 84.9 Å². The number of benzene rings is 4. The van der Waals surface area contributed by atoms with E-state index in [2.05, 4.69) is 10.6 Å². The van der Waals surface area contributed by atoms with Crippen LogP contribution in [0.4, 0.5) is 11.4 Å². The van der Waals surface area contributed by atoms with Crippen molar-refractivity contribution in [2.24, 2.45) is 0 Å². The Labute approximate surface area is 252 Å². The van der Waals surface area contributed by atoms with Gasteiger partial charge in [0.1, 0.15) is 11.5 Å². The summed E-state index contributed by atoms with van der Waals surface area (Å²) < 4.78 is 11.3. The van der Waals surface area contributed by atoms with Gasteiger partial charge in [-0.25, -0.2) is 0 Å². The third-order valence-electron chi connectivity index (χ3n) is 5.77. The van der Waals surface area contributed by atoms with E-state index in [0.717, 1.165) is 11.1 Å². The van der Waals surface area contributed by atoms with E-state index in [-0.39, 0.29) is 11.8 Å². The Balaban J connectivity index is 1.31. The van der Waals surface area contributed by atoms with Crippen LogP contribution in [0, 0.1) is 0 Å². The van der Waals surface area contributed by atoms with Crippen LogP contribution in [0.1, 0.15) is 13.8 Å². The molecule has 2 amide bonds. The molecule has 0 saturated carbocycles. The van der Waals surface area contributed by atoms with Crippen molar-refractivity contribution in [1.29, 1.82) is 0 Å². The van der Waals surface area contributed by atoms with E-state index in [9.17, 15) is 9.59 Å². The molecule has 40 heavy (non-hydrogen) atoms. The van der Waals surface area contributed by atoms with Crippen molar-refractivity contribution >= 4 is 69.6 Å². The highest BCUT2D eigenvalue weighted by atomic mass is 35.5. The zero-order valence-electron chi connectivity index (χ0n) is 21.4. The van der Waals surface area contributed by atoms with Gasteiger partial charge in [-0.2, -0.15) is 0 Å². The summed E-state index contributed by atoms with van der Waals surface area (Å²) in [6.45, 7) is 3.27. The summed E-state index contributed by atoms with van der Waals surface area (Å²) in [5, 5.41) is 7.27. The smallest absolute Gasteiger partial charge is 0.265 e. The normalized spacial score (nSPS) is 12.2. The summed E-state index contributed by atoms with van der Waals surface area (Å²) in [6, 6.07) is 24.3. The quantitative estimate of drug-likeness (QED) is 0.197. The Hall–Kier alpha value is -3.42. The molecule has 0 bridgehead atoms. The molecule has 0 aliphatic heterocycles. The van der Waals surface area contributed by atoms with E-state index in [4.69, 9.17) is 55.9 Å². The van der Waals surface area contributed by atoms with Gasteiger partial charge in [-0.05, 0) is 85.6 Å². The Morgan fingerprint density at radius 1 is 0.575 bits per heavy atom. The molecule has 206 valence electrons. The van der Waals surface area contributed by atoms with Crippen LogP contribution in [-0.2, 0) is 9.59 Å². The molecule has 2 unspecified atom stereocenters. The van der Waals surface area contributed by atoms with E-state index in [0.29, 0.717) is 43.0 Å². The van der Waals surface area contributed by atoms with Crippen LogP contribution in [0.3, 0.4) is 0 Å². The average molecular weight is 618 g/mol. The van der Waals surface area contributed by atoms with Gasteiger partial charge in [0, 0.05) is 21.4 Å². The highest BCUT2D eigenvalue weighted by Gasteiger charge is 2.18. The number of hydrogen-bond donors (Lipinski definition) is 2. The van der Waals surface area contributed by atoms with E-state index in [1.807, 2.05) is 24.3 Å². The molecule has 0 radical (unpaired) electrons. The second-order valence-electron chi connectivity index (χ2n) is 8.80. The molecule has 4 rings (SSSR count). The van der Waals surface area contributed by atoms with Crippen molar-refractivity contribution in [3.63, 3.8) is 0 Å². The maximum Gasteiger partial charge on any atom is 0.265 e. The second-order valence-corrected chi connectivity index (χ2v) is 10.5. The first-order valence-corrected chi connectivity index (χ1v) is 13.7. The minimum atomic E-state index is -0.780. The number of amides is 2. The summed E-state index contributed by atoms with van der Waals surface area (Å²) in [7, 11) is 0. The first kappa shape index (κ1) is 29.6. The Bertz CT molecular complexity index is 1400. The van der Waals surface area contributed by atoms with Crippen LogP contribution >= 0.6 is 46.4 Å². The minimum absolute atomic E-state index is 0.324. The lowest BCUT2D eigenvalue weighted by atomic mass is 10.0. The van der Waals surface area contributed by atoms with Crippen LogP contribution in [0.5, 0.6) is 11.5 Å². The van der Waals surface area contributed by atoms with E-state index < -0.39 is 12.2 Å². The number of carbonyl (C=O) groups is 2. The largest absolute Gasteiger partial charge is 0.479 e. The van der Waals surface area contributed by atoms with Crippen molar-refractivity contribution in [2.75, 3.05) is 10.6 Å². The van der Waals surface area contributed by atoms with Crippen molar-refractivity contribution in [2.45, 2.75) is 26.1 Å².